The van der Waals surface area contributed by atoms with Crippen LogP contribution in [0.15, 0.2) is 48.5 Å². The van der Waals surface area contributed by atoms with Crippen molar-refractivity contribution in [2.45, 2.75) is 12.8 Å². The topological polar surface area (TPSA) is 61.4 Å². The van der Waals surface area contributed by atoms with Crippen LogP contribution >= 0.6 is 11.6 Å². The maximum Gasteiger partial charge on any atom is 0.238 e. The fraction of sp³-hybridized carbons (Fsp3) is 0.300. The summed E-state index contributed by atoms with van der Waals surface area (Å²) in [5.74, 6) is -1.12. The lowest BCUT2D eigenvalue weighted by Gasteiger charge is -2.31. The Kier molecular flexibility index (Phi) is 6.42. The number of halogens is 2. The number of carbonyl (C=O) groups excluding carboxylic acids is 2. The maximum absolute atomic E-state index is 13.8. The molecule has 2 aromatic carbocycles. The summed E-state index contributed by atoms with van der Waals surface area (Å²) in [7, 11) is 0. The van der Waals surface area contributed by atoms with Gasteiger partial charge in [-0.1, -0.05) is 29.8 Å². The van der Waals surface area contributed by atoms with Gasteiger partial charge in [0.1, 0.15) is 5.82 Å². The Morgan fingerprint density at radius 1 is 1.15 bits per heavy atom. The zero-order chi connectivity index (χ0) is 19.2. The number of para-hydroxylation sites is 1. The van der Waals surface area contributed by atoms with Gasteiger partial charge in [0.2, 0.25) is 11.8 Å². The van der Waals surface area contributed by atoms with Gasteiger partial charge in [-0.25, -0.2) is 4.39 Å². The Bertz CT molecular complexity index is 816. The highest BCUT2D eigenvalue weighted by atomic mass is 35.5. The minimum absolute atomic E-state index is 0.0462. The van der Waals surface area contributed by atoms with Gasteiger partial charge >= 0.3 is 0 Å². The highest BCUT2D eigenvalue weighted by Gasteiger charge is 2.27. The standard InChI is InChI=1S/C20H21ClFN3O2/c21-15-8-9-18(17(22)11-15)24-19(26)13-25-10-4-5-14(12-25)20(27)23-16-6-2-1-3-7-16/h1-3,6-9,11,14H,4-5,10,12-13H2,(H,23,27)(H,24,26)/t14-/m1/s1. The molecule has 0 spiro atoms. The normalized spacial score (nSPS) is 17.3. The van der Waals surface area contributed by atoms with Gasteiger partial charge in [-0.2, -0.15) is 0 Å². The van der Waals surface area contributed by atoms with Crippen LogP contribution in [0.1, 0.15) is 12.8 Å². The van der Waals surface area contributed by atoms with E-state index in [-0.39, 0.29) is 35.0 Å². The number of hydrogen-bond acceptors (Lipinski definition) is 3. The van der Waals surface area contributed by atoms with Crippen molar-refractivity contribution in [3.8, 4) is 0 Å². The predicted molar refractivity (Wildman–Crippen MR) is 104 cm³/mol. The molecule has 7 heteroatoms. The first kappa shape index (κ1) is 19.3. The summed E-state index contributed by atoms with van der Waals surface area (Å²) in [5, 5.41) is 5.74. The van der Waals surface area contributed by atoms with E-state index in [4.69, 9.17) is 11.6 Å². The summed E-state index contributed by atoms with van der Waals surface area (Å²) in [4.78, 5) is 26.6. The molecule has 3 rings (SSSR count). The fourth-order valence-electron chi connectivity index (χ4n) is 3.16. The first-order valence-corrected chi connectivity index (χ1v) is 9.22. The van der Waals surface area contributed by atoms with Crippen LogP contribution in [-0.4, -0.2) is 36.3 Å². The minimum Gasteiger partial charge on any atom is -0.326 e. The van der Waals surface area contributed by atoms with Crippen LogP contribution in [0.2, 0.25) is 5.02 Å². The predicted octanol–water partition coefficient (Wildman–Crippen LogP) is 3.77. The molecule has 1 atom stereocenters. The molecule has 0 unspecified atom stereocenters. The van der Waals surface area contributed by atoms with Crippen molar-refractivity contribution in [2.75, 3.05) is 30.3 Å². The zero-order valence-electron chi connectivity index (χ0n) is 14.8. The van der Waals surface area contributed by atoms with Gasteiger partial charge in [-0.3, -0.25) is 14.5 Å². The van der Waals surface area contributed by atoms with E-state index >= 15 is 0 Å². The molecule has 1 aliphatic rings. The van der Waals surface area contributed by atoms with Crippen molar-refractivity contribution >= 4 is 34.8 Å². The lowest BCUT2D eigenvalue weighted by Crippen LogP contribution is -2.44. The second-order valence-corrected chi connectivity index (χ2v) is 7.04. The molecule has 1 saturated heterocycles. The lowest BCUT2D eigenvalue weighted by molar-refractivity contribution is -0.123. The third-order valence-corrected chi connectivity index (χ3v) is 4.73. The number of carbonyl (C=O) groups is 2. The van der Waals surface area contributed by atoms with Crippen molar-refractivity contribution in [1.82, 2.24) is 4.90 Å². The molecule has 0 aromatic heterocycles. The maximum atomic E-state index is 13.8. The van der Waals surface area contributed by atoms with Gasteiger partial charge in [0, 0.05) is 17.3 Å². The van der Waals surface area contributed by atoms with Gasteiger partial charge in [0.15, 0.2) is 0 Å². The molecule has 0 aliphatic carbocycles. The molecule has 1 heterocycles. The molecule has 0 radical (unpaired) electrons. The van der Waals surface area contributed by atoms with Crippen LogP contribution in [0.4, 0.5) is 15.8 Å². The summed E-state index contributed by atoms with van der Waals surface area (Å²) in [5.41, 5.74) is 0.857. The highest BCUT2D eigenvalue weighted by molar-refractivity contribution is 6.30. The van der Waals surface area contributed by atoms with Gasteiger partial charge in [0.25, 0.3) is 0 Å². The van der Waals surface area contributed by atoms with Crippen molar-refractivity contribution in [3.05, 3.63) is 59.4 Å². The van der Waals surface area contributed by atoms with Crippen LogP contribution in [0.3, 0.4) is 0 Å². The minimum atomic E-state index is -0.574. The molecule has 1 fully saturated rings. The van der Waals surface area contributed by atoms with Crippen LogP contribution in [0.5, 0.6) is 0 Å². The Balaban J connectivity index is 1.53. The van der Waals surface area contributed by atoms with Crippen LogP contribution < -0.4 is 10.6 Å². The summed E-state index contributed by atoms with van der Waals surface area (Å²) < 4.78 is 13.8. The number of nitrogens with zero attached hydrogens (tertiary/aromatic N) is 1. The zero-order valence-corrected chi connectivity index (χ0v) is 15.5. The number of rotatable bonds is 5. The van der Waals surface area contributed by atoms with Crippen molar-refractivity contribution < 1.29 is 14.0 Å². The summed E-state index contributed by atoms with van der Waals surface area (Å²) >= 11 is 5.71. The Hall–Kier alpha value is -2.44. The monoisotopic (exact) mass is 389 g/mol. The average molecular weight is 390 g/mol. The van der Waals surface area contributed by atoms with Gasteiger partial charge in [-0.15, -0.1) is 0 Å². The number of amides is 2. The number of piperidine rings is 1. The number of benzene rings is 2. The summed E-state index contributed by atoms with van der Waals surface area (Å²) in [6, 6.07) is 13.4. The van der Waals surface area contributed by atoms with E-state index in [1.54, 1.807) is 0 Å². The summed E-state index contributed by atoms with van der Waals surface area (Å²) in [6.07, 6.45) is 1.61. The second kappa shape index (κ2) is 8.97. The molecular formula is C20H21ClFN3O2. The quantitative estimate of drug-likeness (QED) is 0.818. The molecule has 2 aromatic rings. The van der Waals surface area contributed by atoms with Gasteiger partial charge in [-0.05, 0) is 49.7 Å². The lowest BCUT2D eigenvalue weighted by atomic mass is 9.97. The summed E-state index contributed by atoms with van der Waals surface area (Å²) in [6.45, 7) is 1.33. The molecule has 2 N–H and O–H groups in total. The van der Waals surface area contributed by atoms with Crippen LogP contribution in [0.25, 0.3) is 0 Å². The number of nitrogens with one attached hydrogen (secondary N) is 2. The molecule has 5 nitrogen and oxygen atoms in total. The Morgan fingerprint density at radius 2 is 1.93 bits per heavy atom. The van der Waals surface area contributed by atoms with Crippen LogP contribution in [0, 0.1) is 11.7 Å². The van der Waals surface area contributed by atoms with E-state index in [9.17, 15) is 14.0 Å². The number of hydrogen-bond donors (Lipinski definition) is 2. The van der Waals surface area contributed by atoms with Gasteiger partial charge in [0.05, 0.1) is 18.2 Å². The van der Waals surface area contributed by atoms with E-state index in [0.717, 1.165) is 31.1 Å². The van der Waals surface area contributed by atoms with Crippen molar-refractivity contribution in [1.29, 1.82) is 0 Å². The third-order valence-electron chi connectivity index (χ3n) is 4.49. The van der Waals surface area contributed by atoms with E-state index in [2.05, 4.69) is 10.6 Å². The molecule has 142 valence electrons. The molecule has 0 bridgehead atoms. The largest absolute Gasteiger partial charge is 0.326 e. The van der Waals surface area contributed by atoms with E-state index < -0.39 is 5.82 Å². The van der Waals surface area contributed by atoms with Crippen molar-refractivity contribution in [2.24, 2.45) is 5.92 Å². The van der Waals surface area contributed by atoms with E-state index in [1.807, 2.05) is 35.2 Å². The SMILES string of the molecule is O=C(CN1CCC[C@@H](C(=O)Nc2ccccc2)C1)Nc1ccc(Cl)cc1F. The Labute approximate surface area is 162 Å². The average Bonchev–Trinajstić information content (AvgIpc) is 2.65. The van der Waals surface area contributed by atoms with Crippen LogP contribution in [-0.2, 0) is 9.59 Å². The molecular weight excluding hydrogens is 369 g/mol. The molecule has 0 saturated carbocycles. The molecule has 2 amide bonds. The smallest absolute Gasteiger partial charge is 0.238 e. The van der Waals surface area contributed by atoms with Crippen molar-refractivity contribution in [3.63, 3.8) is 0 Å². The first-order valence-electron chi connectivity index (χ1n) is 8.84. The number of anilines is 2. The Morgan fingerprint density at radius 3 is 2.67 bits per heavy atom. The van der Waals surface area contributed by atoms with E-state index in [1.165, 1.54) is 12.1 Å². The fourth-order valence-corrected chi connectivity index (χ4v) is 3.32. The molecule has 1 aliphatic heterocycles. The van der Waals surface area contributed by atoms with Gasteiger partial charge < -0.3 is 10.6 Å². The van der Waals surface area contributed by atoms with E-state index in [0.29, 0.717) is 6.54 Å². The molecule has 27 heavy (non-hydrogen) atoms. The first-order chi connectivity index (χ1) is 13.0. The number of likely N-dealkylation sites (tertiary alicyclic amines) is 1. The second-order valence-electron chi connectivity index (χ2n) is 6.60. The highest BCUT2D eigenvalue weighted by Crippen LogP contribution is 2.21. The third kappa shape index (κ3) is 5.52.